The molecule has 2 aromatic carbocycles. The number of nitro groups is 1. The zero-order chi connectivity index (χ0) is 18.1. The van der Waals surface area contributed by atoms with Crippen LogP contribution in [0, 0.1) is 10.1 Å². The minimum Gasteiger partial charge on any atom is -0.383 e. The standard InChI is InChI=1S/C18H23N5O2/c1-19-18(22(2)14-15-6-4-3-5-7-15)21-13-12-20-16-8-10-17(11-9-16)23(24)25/h3-11,20H,12-14H2,1-2H3,(H,19,21). The lowest BCUT2D eigenvalue weighted by atomic mass is 10.2. The van der Waals surface area contributed by atoms with Crippen molar-refractivity contribution in [3.63, 3.8) is 0 Å². The number of guanidine groups is 1. The van der Waals surface area contributed by atoms with Crippen LogP contribution in [-0.4, -0.2) is 43.0 Å². The Bertz CT molecular complexity index is 701. The van der Waals surface area contributed by atoms with E-state index in [1.165, 1.54) is 17.7 Å². The van der Waals surface area contributed by atoms with Crippen molar-refractivity contribution in [3.05, 3.63) is 70.3 Å². The van der Waals surface area contributed by atoms with E-state index < -0.39 is 4.92 Å². The number of aliphatic imine (C=N–C) groups is 1. The van der Waals surface area contributed by atoms with Gasteiger partial charge in [-0.05, 0) is 17.7 Å². The minimum absolute atomic E-state index is 0.0895. The van der Waals surface area contributed by atoms with Crippen LogP contribution in [0.4, 0.5) is 11.4 Å². The first-order chi connectivity index (χ1) is 12.1. The normalized spacial score (nSPS) is 11.0. The Labute approximate surface area is 147 Å². The van der Waals surface area contributed by atoms with E-state index in [2.05, 4.69) is 32.7 Å². The highest BCUT2D eigenvalue weighted by molar-refractivity contribution is 5.79. The van der Waals surface area contributed by atoms with Crippen molar-refractivity contribution in [1.82, 2.24) is 10.2 Å². The highest BCUT2D eigenvalue weighted by Gasteiger charge is 2.06. The summed E-state index contributed by atoms with van der Waals surface area (Å²) in [5.74, 6) is 0.814. The molecule has 132 valence electrons. The molecule has 0 bridgehead atoms. The first kappa shape index (κ1) is 18.3. The van der Waals surface area contributed by atoms with Crippen LogP contribution in [0.1, 0.15) is 5.56 Å². The maximum atomic E-state index is 10.6. The number of anilines is 1. The molecular formula is C18H23N5O2. The third-order valence-electron chi connectivity index (χ3n) is 3.65. The molecule has 0 radical (unpaired) electrons. The van der Waals surface area contributed by atoms with E-state index in [9.17, 15) is 10.1 Å². The zero-order valence-corrected chi connectivity index (χ0v) is 14.5. The van der Waals surface area contributed by atoms with Gasteiger partial charge in [0, 0.05) is 51.5 Å². The van der Waals surface area contributed by atoms with Crippen molar-refractivity contribution in [2.75, 3.05) is 32.5 Å². The summed E-state index contributed by atoms with van der Waals surface area (Å²) >= 11 is 0. The van der Waals surface area contributed by atoms with E-state index in [1.54, 1.807) is 19.2 Å². The summed E-state index contributed by atoms with van der Waals surface area (Å²) in [6.07, 6.45) is 0. The number of hydrogen-bond acceptors (Lipinski definition) is 4. The molecule has 2 aromatic rings. The van der Waals surface area contributed by atoms with E-state index in [1.807, 2.05) is 25.2 Å². The van der Waals surface area contributed by atoms with Crippen molar-refractivity contribution in [2.45, 2.75) is 6.54 Å². The molecule has 0 aromatic heterocycles. The summed E-state index contributed by atoms with van der Waals surface area (Å²) in [5, 5.41) is 17.1. The molecule has 0 saturated carbocycles. The Morgan fingerprint density at radius 3 is 2.40 bits per heavy atom. The Balaban J connectivity index is 1.76. The predicted octanol–water partition coefficient (Wildman–Crippen LogP) is 2.71. The second-order valence-corrected chi connectivity index (χ2v) is 5.55. The molecule has 0 atom stereocenters. The van der Waals surface area contributed by atoms with E-state index in [-0.39, 0.29) is 5.69 Å². The van der Waals surface area contributed by atoms with E-state index >= 15 is 0 Å². The summed E-state index contributed by atoms with van der Waals surface area (Å²) in [5.41, 5.74) is 2.16. The van der Waals surface area contributed by atoms with Gasteiger partial charge in [0.2, 0.25) is 0 Å². The zero-order valence-electron chi connectivity index (χ0n) is 14.5. The van der Waals surface area contributed by atoms with Gasteiger partial charge in [-0.25, -0.2) is 0 Å². The molecule has 0 amide bonds. The van der Waals surface area contributed by atoms with E-state index in [4.69, 9.17) is 0 Å². The average Bonchev–Trinajstić information content (AvgIpc) is 2.63. The minimum atomic E-state index is -0.405. The number of nitrogens with one attached hydrogen (secondary N) is 2. The average molecular weight is 341 g/mol. The smallest absolute Gasteiger partial charge is 0.269 e. The summed E-state index contributed by atoms with van der Waals surface area (Å²) in [7, 11) is 3.75. The Morgan fingerprint density at radius 2 is 1.80 bits per heavy atom. The molecule has 0 aliphatic rings. The van der Waals surface area contributed by atoms with Crippen LogP contribution in [-0.2, 0) is 6.54 Å². The van der Waals surface area contributed by atoms with Crippen LogP contribution >= 0.6 is 0 Å². The lowest BCUT2D eigenvalue weighted by Crippen LogP contribution is -2.40. The van der Waals surface area contributed by atoms with Crippen molar-refractivity contribution in [3.8, 4) is 0 Å². The van der Waals surface area contributed by atoms with Crippen LogP contribution in [0.25, 0.3) is 0 Å². The van der Waals surface area contributed by atoms with Gasteiger partial charge >= 0.3 is 0 Å². The van der Waals surface area contributed by atoms with Crippen molar-refractivity contribution < 1.29 is 4.92 Å². The fourth-order valence-electron chi connectivity index (χ4n) is 2.40. The first-order valence-corrected chi connectivity index (χ1v) is 8.04. The molecule has 2 rings (SSSR count). The quantitative estimate of drug-likeness (QED) is 0.266. The molecule has 0 fully saturated rings. The molecule has 7 heteroatoms. The van der Waals surface area contributed by atoms with Gasteiger partial charge in [0.25, 0.3) is 5.69 Å². The van der Waals surface area contributed by atoms with Crippen LogP contribution < -0.4 is 10.6 Å². The Kier molecular flexibility index (Phi) is 6.76. The molecule has 0 aliphatic carbocycles. The van der Waals surface area contributed by atoms with Gasteiger partial charge in [-0.15, -0.1) is 0 Å². The third-order valence-corrected chi connectivity index (χ3v) is 3.65. The Hall–Kier alpha value is -3.09. The highest BCUT2D eigenvalue weighted by atomic mass is 16.6. The Morgan fingerprint density at radius 1 is 1.12 bits per heavy atom. The lowest BCUT2D eigenvalue weighted by Gasteiger charge is -2.22. The second-order valence-electron chi connectivity index (χ2n) is 5.55. The van der Waals surface area contributed by atoms with Crippen molar-refractivity contribution in [1.29, 1.82) is 0 Å². The summed E-state index contributed by atoms with van der Waals surface area (Å²) < 4.78 is 0. The fourth-order valence-corrected chi connectivity index (χ4v) is 2.40. The van der Waals surface area contributed by atoms with Gasteiger partial charge in [0.15, 0.2) is 5.96 Å². The molecule has 0 saturated heterocycles. The predicted molar refractivity (Wildman–Crippen MR) is 101 cm³/mol. The molecule has 2 N–H and O–H groups in total. The van der Waals surface area contributed by atoms with Crippen LogP contribution in [0.2, 0.25) is 0 Å². The van der Waals surface area contributed by atoms with Crippen molar-refractivity contribution in [2.24, 2.45) is 4.99 Å². The maximum absolute atomic E-state index is 10.6. The maximum Gasteiger partial charge on any atom is 0.269 e. The van der Waals surface area contributed by atoms with E-state index in [0.717, 1.165) is 18.2 Å². The number of rotatable bonds is 7. The lowest BCUT2D eigenvalue weighted by molar-refractivity contribution is -0.384. The van der Waals surface area contributed by atoms with Crippen LogP contribution in [0.15, 0.2) is 59.6 Å². The van der Waals surface area contributed by atoms with E-state index in [0.29, 0.717) is 13.1 Å². The number of benzene rings is 2. The third kappa shape index (κ3) is 5.80. The monoisotopic (exact) mass is 341 g/mol. The number of nitrogens with zero attached hydrogens (tertiary/aromatic N) is 3. The number of hydrogen-bond donors (Lipinski definition) is 2. The molecule has 0 spiro atoms. The SMILES string of the molecule is CN=C(NCCNc1ccc([N+](=O)[O-])cc1)N(C)Cc1ccccc1. The first-order valence-electron chi connectivity index (χ1n) is 8.04. The molecule has 7 nitrogen and oxygen atoms in total. The molecule has 0 unspecified atom stereocenters. The van der Waals surface area contributed by atoms with Gasteiger partial charge in [0.1, 0.15) is 0 Å². The highest BCUT2D eigenvalue weighted by Crippen LogP contribution is 2.14. The van der Waals surface area contributed by atoms with Gasteiger partial charge in [-0.2, -0.15) is 0 Å². The molecule has 25 heavy (non-hydrogen) atoms. The molecule has 0 heterocycles. The van der Waals surface area contributed by atoms with Gasteiger partial charge in [-0.1, -0.05) is 30.3 Å². The second kappa shape index (κ2) is 9.27. The van der Waals surface area contributed by atoms with Gasteiger partial charge < -0.3 is 15.5 Å². The van der Waals surface area contributed by atoms with Gasteiger partial charge in [0.05, 0.1) is 4.92 Å². The summed E-state index contributed by atoms with van der Waals surface area (Å²) in [6, 6.07) is 16.6. The molecular weight excluding hydrogens is 318 g/mol. The summed E-state index contributed by atoms with van der Waals surface area (Å²) in [4.78, 5) is 16.6. The summed E-state index contributed by atoms with van der Waals surface area (Å²) in [6.45, 7) is 2.13. The van der Waals surface area contributed by atoms with Gasteiger partial charge in [-0.3, -0.25) is 15.1 Å². The van der Waals surface area contributed by atoms with Crippen LogP contribution in [0.3, 0.4) is 0 Å². The number of nitro benzene ring substituents is 1. The number of non-ortho nitro benzene ring substituents is 1. The fraction of sp³-hybridized carbons (Fsp3) is 0.278. The molecule has 0 aliphatic heterocycles. The topological polar surface area (TPSA) is 82.8 Å². The largest absolute Gasteiger partial charge is 0.383 e. The van der Waals surface area contributed by atoms with Crippen LogP contribution in [0.5, 0.6) is 0 Å². The van der Waals surface area contributed by atoms with Crippen molar-refractivity contribution >= 4 is 17.3 Å².